The molecule has 5 heteroatoms. The van der Waals surface area contributed by atoms with Gasteiger partial charge in [0.05, 0.1) is 5.69 Å². The maximum atomic E-state index is 4.91. The summed E-state index contributed by atoms with van der Waals surface area (Å²) in [4.78, 5) is 4.91. The number of nitrogens with one attached hydrogen (secondary N) is 4. The molecule has 0 aliphatic carbocycles. The molecule has 0 spiro atoms. The fraction of sp³-hybridized carbons (Fsp3) is 0.114. The Hall–Kier alpha value is -5.03. The summed E-state index contributed by atoms with van der Waals surface area (Å²) in [7, 11) is 0. The van der Waals surface area contributed by atoms with Gasteiger partial charge in [0.2, 0.25) is 0 Å². The molecule has 1 aliphatic rings. The predicted molar refractivity (Wildman–Crippen MR) is 169 cm³/mol. The lowest BCUT2D eigenvalue weighted by molar-refractivity contribution is 1.07. The van der Waals surface area contributed by atoms with Crippen LogP contribution in [0, 0.1) is 0 Å². The molecule has 40 heavy (non-hydrogen) atoms. The number of hydrogen-bond donors (Lipinski definition) is 4. The summed E-state index contributed by atoms with van der Waals surface area (Å²) in [6.07, 6.45) is 1.96. The molecule has 198 valence electrons. The minimum atomic E-state index is 0.682. The Labute approximate surface area is 236 Å². The first-order chi connectivity index (χ1) is 19.8. The Morgan fingerprint density at radius 2 is 0.750 bits per heavy atom. The number of nitrogens with zero attached hydrogens (tertiary/aromatic N) is 1. The largest absolute Gasteiger partial charge is 0.381 e. The molecule has 4 N–H and O–H groups in total. The molecule has 0 saturated heterocycles. The third-order valence-corrected chi connectivity index (χ3v) is 7.22. The van der Waals surface area contributed by atoms with Crippen LogP contribution in [0.25, 0.3) is 0 Å². The van der Waals surface area contributed by atoms with Gasteiger partial charge in [0.25, 0.3) is 0 Å². The van der Waals surface area contributed by atoms with E-state index in [0.29, 0.717) is 13.1 Å². The number of anilines is 4. The van der Waals surface area contributed by atoms with E-state index in [1.54, 1.807) is 0 Å². The Morgan fingerprint density at radius 1 is 0.375 bits per heavy atom. The van der Waals surface area contributed by atoms with E-state index in [2.05, 4.69) is 137 Å². The van der Waals surface area contributed by atoms with Crippen molar-refractivity contribution in [3.63, 3.8) is 0 Å². The van der Waals surface area contributed by atoms with Crippen molar-refractivity contribution in [1.82, 2.24) is 0 Å². The van der Waals surface area contributed by atoms with E-state index in [4.69, 9.17) is 4.99 Å². The van der Waals surface area contributed by atoms with Crippen LogP contribution in [-0.2, 0) is 26.2 Å². The van der Waals surface area contributed by atoms with Crippen LogP contribution < -0.4 is 21.3 Å². The highest BCUT2D eigenvalue weighted by atomic mass is 14.9. The molecule has 0 amide bonds. The monoisotopic (exact) mass is 523 g/mol. The quantitative estimate of drug-likeness (QED) is 0.165. The Morgan fingerprint density at radius 3 is 1.30 bits per heavy atom. The van der Waals surface area contributed by atoms with Gasteiger partial charge in [-0.25, -0.2) is 0 Å². The van der Waals surface area contributed by atoms with Crippen LogP contribution in [-0.4, -0.2) is 6.21 Å². The molecule has 0 saturated carbocycles. The number of rotatable bonds is 0. The first kappa shape index (κ1) is 25.3. The highest BCUT2D eigenvalue weighted by Crippen LogP contribution is 2.26. The molecule has 1 aliphatic heterocycles. The SMILES string of the molecule is C1=Nc2ccccc2CNc2ccccc2CNc2ccccc2CNc2ccccc2CNc2ccccc21. The van der Waals surface area contributed by atoms with Crippen molar-refractivity contribution in [1.29, 1.82) is 0 Å². The average Bonchev–Trinajstić information content (AvgIpc) is 3.01. The van der Waals surface area contributed by atoms with E-state index in [-0.39, 0.29) is 0 Å². The number of hydrogen-bond acceptors (Lipinski definition) is 5. The average molecular weight is 524 g/mol. The predicted octanol–water partition coefficient (Wildman–Crippen LogP) is 8.20. The summed E-state index contributed by atoms with van der Waals surface area (Å²) in [5.41, 5.74) is 11.2. The van der Waals surface area contributed by atoms with Crippen LogP contribution in [0.4, 0.5) is 28.4 Å². The lowest BCUT2D eigenvalue weighted by atomic mass is 10.1. The fourth-order valence-corrected chi connectivity index (χ4v) is 5.00. The van der Waals surface area contributed by atoms with E-state index in [1.165, 1.54) is 16.7 Å². The molecule has 5 nitrogen and oxygen atoms in total. The summed E-state index contributed by atoms with van der Waals surface area (Å²) in [5, 5.41) is 14.7. The summed E-state index contributed by atoms with van der Waals surface area (Å²) in [5.74, 6) is 0. The zero-order chi connectivity index (χ0) is 27.0. The van der Waals surface area contributed by atoms with Crippen molar-refractivity contribution < 1.29 is 0 Å². The Kier molecular flexibility index (Phi) is 7.72. The van der Waals surface area contributed by atoms with E-state index in [9.17, 15) is 0 Å². The first-order valence-corrected chi connectivity index (χ1v) is 13.7. The van der Waals surface area contributed by atoms with E-state index >= 15 is 0 Å². The first-order valence-electron chi connectivity index (χ1n) is 13.7. The third-order valence-electron chi connectivity index (χ3n) is 7.22. The highest BCUT2D eigenvalue weighted by molar-refractivity contribution is 5.89. The second-order valence-corrected chi connectivity index (χ2v) is 9.86. The summed E-state index contributed by atoms with van der Waals surface area (Å²) < 4.78 is 0. The molecule has 6 rings (SSSR count). The van der Waals surface area contributed by atoms with Gasteiger partial charge in [0.1, 0.15) is 0 Å². The van der Waals surface area contributed by atoms with Crippen molar-refractivity contribution in [2.24, 2.45) is 4.99 Å². The molecule has 1 heterocycles. The van der Waals surface area contributed by atoms with Gasteiger partial charge in [0, 0.05) is 60.7 Å². The maximum Gasteiger partial charge on any atom is 0.0679 e. The van der Waals surface area contributed by atoms with Gasteiger partial charge in [0.15, 0.2) is 0 Å². The second-order valence-electron chi connectivity index (χ2n) is 9.86. The molecule has 0 fully saturated rings. The normalized spacial score (nSPS) is 13.3. The third kappa shape index (κ3) is 6.00. The smallest absolute Gasteiger partial charge is 0.0679 e. The zero-order valence-electron chi connectivity index (χ0n) is 22.4. The number of para-hydroxylation sites is 5. The van der Waals surface area contributed by atoms with Gasteiger partial charge in [-0.3, -0.25) is 4.99 Å². The Balaban J connectivity index is 1.37. The molecule has 0 radical (unpaired) electrons. The molecular weight excluding hydrogens is 490 g/mol. The fourth-order valence-electron chi connectivity index (χ4n) is 5.00. The summed E-state index contributed by atoms with van der Waals surface area (Å²) in [6, 6.07) is 42.1. The van der Waals surface area contributed by atoms with Crippen LogP contribution in [0.15, 0.2) is 126 Å². The van der Waals surface area contributed by atoms with Crippen LogP contribution in [0.1, 0.15) is 27.8 Å². The number of fused-ring (bicyclic) bond motifs is 5. The molecule has 0 atom stereocenters. The number of benzene rings is 5. The zero-order valence-corrected chi connectivity index (χ0v) is 22.4. The van der Waals surface area contributed by atoms with Crippen molar-refractivity contribution >= 4 is 34.7 Å². The number of aliphatic imine (C=N–C) groups is 1. The molecule has 5 aromatic carbocycles. The molecule has 0 bridgehead atoms. The standard InChI is InChI=1S/C35H33N5/c1-6-16-31-26(11-1)21-36-32-17-7-2-13-28(32)23-38-34-19-9-4-15-30(34)25-40-35-20-10-5-14-29(35)24-39-33-18-8-3-12-27(33)22-37-31/h1-21,37-40H,22-25H2. The van der Waals surface area contributed by atoms with Crippen LogP contribution in [0.5, 0.6) is 0 Å². The van der Waals surface area contributed by atoms with E-state index in [1.807, 2.05) is 12.3 Å². The lowest BCUT2D eigenvalue weighted by Gasteiger charge is -2.18. The maximum absolute atomic E-state index is 4.91. The summed E-state index contributed by atoms with van der Waals surface area (Å²) >= 11 is 0. The topological polar surface area (TPSA) is 60.5 Å². The van der Waals surface area contributed by atoms with Gasteiger partial charge in [-0.2, -0.15) is 0 Å². The van der Waals surface area contributed by atoms with Gasteiger partial charge >= 0.3 is 0 Å². The lowest BCUT2D eigenvalue weighted by Crippen LogP contribution is -2.10. The van der Waals surface area contributed by atoms with Crippen molar-refractivity contribution in [2.45, 2.75) is 26.2 Å². The van der Waals surface area contributed by atoms with Crippen molar-refractivity contribution in [2.75, 3.05) is 21.3 Å². The minimum Gasteiger partial charge on any atom is -0.381 e. The molecule has 0 aromatic heterocycles. The van der Waals surface area contributed by atoms with Gasteiger partial charge in [-0.05, 0) is 52.6 Å². The van der Waals surface area contributed by atoms with Crippen LogP contribution in [0.3, 0.4) is 0 Å². The van der Waals surface area contributed by atoms with Crippen LogP contribution in [0.2, 0.25) is 0 Å². The van der Waals surface area contributed by atoms with E-state index < -0.39 is 0 Å². The minimum absolute atomic E-state index is 0.682. The molecular formula is C35H33N5. The van der Waals surface area contributed by atoms with Gasteiger partial charge in [-0.15, -0.1) is 0 Å². The molecule has 5 aromatic rings. The van der Waals surface area contributed by atoms with Gasteiger partial charge < -0.3 is 21.3 Å². The molecule has 0 unspecified atom stereocenters. The summed E-state index contributed by atoms with van der Waals surface area (Å²) in [6.45, 7) is 2.82. The second kappa shape index (κ2) is 12.2. The van der Waals surface area contributed by atoms with Gasteiger partial charge in [-0.1, -0.05) is 91.0 Å². The Bertz CT molecular complexity index is 1500. The van der Waals surface area contributed by atoms with Crippen molar-refractivity contribution in [3.05, 3.63) is 149 Å². The van der Waals surface area contributed by atoms with Crippen molar-refractivity contribution in [3.8, 4) is 0 Å². The highest BCUT2D eigenvalue weighted by Gasteiger charge is 2.09. The van der Waals surface area contributed by atoms with E-state index in [0.717, 1.165) is 52.7 Å². The van der Waals surface area contributed by atoms with Crippen LogP contribution >= 0.6 is 0 Å².